The van der Waals surface area contributed by atoms with Crippen molar-refractivity contribution in [2.75, 3.05) is 30.5 Å². The van der Waals surface area contributed by atoms with Gasteiger partial charge < -0.3 is 31.5 Å². The summed E-state index contributed by atoms with van der Waals surface area (Å²) in [7, 11) is 0. The number of carboxylic acids is 1. The molecule has 0 saturated heterocycles. The van der Waals surface area contributed by atoms with E-state index in [0.29, 0.717) is 29.1 Å². The fourth-order valence-electron chi connectivity index (χ4n) is 2.18. The minimum Gasteiger partial charge on any atom is -0.480 e. The molecule has 2 rings (SSSR count). The Bertz CT molecular complexity index is 729. The first-order valence-electron chi connectivity index (χ1n) is 7.84. The predicted molar refractivity (Wildman–Crippen MR) is 95.4 cm³/mol. The lowest BCUT2D eigenvalue weighted by molar-refractivity contribution is -0.138. The molecular weight excluding hydrogens is 364 g/mol. The number of carboxylic acid groups (broad SMARTS) is 1. The zero-order valence-corrected chi connectivity index (χ0v) is 14.7. The molecule has 0 aliphatic rings. The van der Waals surface area contributed by atoms with Crippen molar-refractivity contribution in [3.8, 4) is 0 Å². The van der Waals surface area contributed by atoms with Gasteiger partial charge in [-0.25, -0.2) is 15.0 Å². The molecule has 0 saturated carbocycles. The number of fused-ring (bicyclic) bond motifs is 1. The maximum absolute atomic E-state index is 10.7. The Labute approximate surface area is 153 Å². The molecule has 7 N–H and O–H groups in total. The van der Waals surface area contributed by atoms with Crippen LogP contribution in [0.5, 0.6) is 0 Å². The van der Waals surface area contributed by atoms with Crippen LogP contribution in [0.1, 0.15) is 12.6 Å². The maximum Gasteiger partial charge on any atom is 0.320 e. The molecule has 2 aromatic heterocycles. The summed E-state index contributed by atoms with van der Waals surface area (Å²) in [6.07, 6.45) is 1.65. The van der Waals surface area contributed by atoms with Crippen molar-refractivity contribution in [3.63, 3.8) is 0 Å². The monoisotopic (exact) mass is 386 g/mol. The number of anilines is 1. The van der Waals surface area contributed by atoms with Crippen LogP contribution in [0.4, 0.5) is 5.82 Å². The van der Waals surface area contributed by atoms with Crippen LogP contribution in [0.15, 0.2) is 12.7 Å². The molecule has 0 amide bonds. The Morgan fingerprint density at radius 2 is 2.08 bits per heavy atom. The first-order chi connectivity index (χ1) is 12.5. The number of nitrogens with zero attached hydrogens (tertiary/aromatic N) is 4. The van der Waals surface area contributed by atoms with Gasteiger partial charge in [0.1, 0.15) is 17.9 Å². The second-order valence-electron chi connectivity index (χ2n) is 5.47. The Morgan fingerprint density at radius 1 is 1.31 bits per heavy atom. The van der Waals surface area contributed by atoms with Crippen LogP contribution in [0.25, 0.3) is 11.2 Å². The summed E-state index contributed by atoms with van der Waals surface area (Å²) in [5, 5.41) is 27.9. The number of hydrogen-bond donors (Lipinski definition) is 5. The zero-order chi connectivity index (χ0) is 19.1. The third-order valence-electron chi connectivity index (χ3n) is 3.60. The summed E-state index contributed by atoms with van der Waals surface area (Å²) >= 11 is 1.41. The highest BCUT2D eigenvalue weighted by atomic mass is 32.2. The predicted octanol–water partition coefficient (Wildman–Crippen LogP) is -1.19. The number of aromatic nitrogens is 4. The van der Waals surface area contributed by atoms with Crippen molar-refractivity contribution >= 4 is 34.7 Å². The lowest BCUT2D eigenvalue weighted by Gasteiger charge is -2.23. The molecule has 0 fully saturated rings. The van der Waals surface area contributed by atoms with Crippen LogP contribution in [-0.2, 0) is 9.53 Å². The van der Waals surface area contributed by atoms with Crippen molar-refractivity contribution in [1.29, 1.82) is 0 Å². The van der Waals surface area contributed by atoms with Gasteiger partial charge >= 0.3 is 5.97 Å². The van der Waals surface area contributed by atoms with Crippen molar-refractivity contribution < 1.29 is 24.9 Å². The van der Waals surface area contributed by atoms with Crippen LogP contribution >= 0.6 is 11.8 Å². The van der Waals surface area contributed by atoms with Crippen LogP contribution in [0.3, 0.4) is 0 Å². The molecule has 2 aromatic rings. The van der Waals surface area contributed by atoms with Crippen LogP contribution in [0, 0.1) is 0 Å². The molecule has 3 atom stereocenters. The highest BCUT2D eigenvalue weighted by Gasteiger charge is 2.21. The van der Waals surface area contributed by atoms with E-state index in [2.05, 4.69) is 15.0 Å². The van der Waals surface area contributed by atoms with Gasteiger partial charge in [-0.15, -0.1) is 0 Å². The number of hydrogen-bond acceptors (Lipinski definition) is 10. The molecule has 26 heavy (non-hydrogen) atoms. The summed E-state index contributed by atoms with van der Waals surface area (Å²) in [5.74, 6) is 0.0847. The van der Waals surface area contributed by atoms with Gasteiger partial charge in [0.05, 0.1) is 25.6 Å². The van der Waals surface area contributed by atoms with E-state index in [1.807, 2.05) is 0 Å². The first-order valence-corrected chi connectivity index (χ1v) is 8.99. The third-order valence-corrected chi connectivity index (χ3v) is 4.73. The molecular formula is C14H22N6O5S. The van der Waals surface area contributed by atoms with E-state index in [4.69, 9.17) is 21.3 Å². The molecule has 0 unspecified atom stereocenters. The number of aliphatic hydroxyl groups excluding tert-OH is 2. The summed E-state index contributed by atoms with van der Waals surface area (Å²) in [6, 6.07) is -0.913. The molecule has 0 spiro atoms. The fraction of sp³-hybridized carbons (Fsp3) is 0.571. The molecule has 2 heterocycles. The standard InChI is InChI=1S/C14H22N6O5S/c15-9(14(23)24)1-2-26-5-8(3-21)25-10(4-22)20-7-19-11-12(16)17-6-18-13(11)20/h6-10,21-22H,1-5,15H2,(H,23,24)(H2,16,17,18)/t8-,9+,10+/m0/s1. The Kier molecular flexibility index (Phi) is 7.53. The third kappa shape index (κ3) is 5.02. The molecule has 0 aromatic carbocycles. The van der Waals surface area contributed by atoms with Gasteiger partial charge in [-0.2, -0.15) is 11.8 Å². The zero-order valence-electron chi connectivity index (χ0n) is 13.9. The number of thioether (sulfide) groups is 1. The maximum atomic E-state index is 10.7. The van der Waals surface area contributed by atoms with E-state index < -0.39 is 24.3 Å². The summed E-state index contributed by atoms with van der Waals surface area (Å²) < 4.78 is 7.26. The van der Waals surface area contributed by atoms with Crippen LogP contribution in [0.2, 0.25) is 0 Å². The van der Waals surface area contributed by atoms with Crippen LogP contribution in [-0.4, -0.2) is 77.7 Å². The molecule has 0 bridgehead atoms. The highest BCUT2D eigenvalue weighted by molar-refractivity contribution is 7.99. The van der Waals surface area contributed by atoms with Gasteiger partial charge in [0.15, 0.2) is 17.7 Å². The number of imidazole rings is 1. The topological polar surface area (TPSA) is 183 Å². The smallest absolute Gasteiger partial charge is 0.320 e. The highest BCUT2D eigenvalue weighted by Crippen LogP contribution is 2.21. The Hall–Kier alpha value is -1.99. The van der Waals surface area contributed by atoms with Gasteiger partial charge in [-0.1, -0.05) is 0 Å². The van der Waals surface area contributed by atoms with Crippen LogP contribution < -0.4 is 11.5 Å². The van der Waals surface area contributed by atoms with Gasteiger partial charge in [-0.05, 0) is 12.2 Å². The van der Waals surface area contributed by atoms with E-state index in [1.54, 1.807) is 0 Å². The summed E-state index contributed by atoms with van der Waals surface area (Å²) in [4.78, 5) is 22.7. The number of rotatable bonds is 11. The van der Waals surface area contributed by atoms with E-state index >= 15 is 0 Å². The van der Waals surface area contributed by atoms with E-state index in [9.17, 15) is 15.0 Å². The lowest BCUT2D eigenvalue weighted by Crippen LogP contribution is -2.31. The minimum atomic E-state index is -1.05. The number of carbonyl (C=O) groups is 1. The average Bonchev–Trinajstić information content (AvgIpc) is 3.06. The van der Waals surface area contributed by atoms with E-state index in [-0.39, 0.29) is 19.0 Å². The summed E-state index contributed by atoms with van der Waals surface area (Å²) in [5.41, 5.74) is 12.0. The van der Waals surface area contributed by atoms with Gasteiger partial charge in [-0.3, -0.25) is 9.36 Å². The summed E-state index contributed by atoms with van der Waals surface area (Å²) in [6.45, 7) is -0.626. The number of nitrogens with two attached hydrogens (primary N) is 2. The van der Waals surface area contributed by atoms with Crippen molar-refractivity contribution in [2.24, 2.45) is 5.73 Å². The molecule has 12 heteroatoms. The SMILES string of the molecule is Nc1ncnc2c1ncn2[C@@H](CO)O[C@@H](CO)CSCC[C@@H](N)C(=O)O. The first kappa shape index (κ1) is 20.3. The average molecular weight is 386 g/mol. The largest absolute Gasteiger partial charge is 0.480 e. The number of ether oxygens (including phenoxy) is 1. The van der Waals surface area contributed by atoms with Gasteiger partial charge in [0.25, 0.3) is 0 Å². The normalized spacial score (nSPS) is 15.0. The Morgan fingerprint density at radius 3 is 2.73 bits per heavy atom. The fourth-order valence-corrected chi connectivity index (χ4v) is 3.22. The molecule has 0 aliphatic carbocycles. The molecule has 0 radical (unpaired) electrons. The molecule has 144 valence electrons. The number of aliphatic carboxylic acids is 1. The quantitative estimate of drug-likeness (QED) is 0.293. The van der Waals surface area contributed by atoms with E-state index in [0.717, 1.165) is 0 Å². The molecule has 11 nitrogen and oxygen atoms in total. The molecule has 0 aliphatic heterocycles. The van der Waals surface area contributed by atoms with Crippen molar-refractivity contribution in [3.05, 3.63) is 12.7 Å². The van der Waals surface area contributed by atoms with Gasteiger partial charge in [0, 0.05) is 5.75 Å². The number of nitrogen functional groups attached to an aromatic ring is 1. The van der Waals surface area contributed by atoms with Crippen molar-refractivity contribution in [2.45, 2.75) is 24.8 Å². The minimum absolute atomic E-state index is 0.217. The number of aliphatic hydroxyl groups is 2. The second kappa shape index (κ2) is 9.64. The van der Waals surface area contributed by atoms with Gasteiger partial charge in [0.2, 0.25) is 0 Å². The lowest BCUT2D eigenvalue weighted by atomic mass is 10.2. The van der Waals surface area contributed by atoms with E-state index in [1.165, 1.54) is 29.0 Å². The Balaban J connectivity index is 1.96. The second-order valence-corrected chi connectivity index (χ2v) is 6.62. The van der Waals surface area contributed by atoms with Crippen molar-refractivity contribution in [1.82, 2.24) is 19.5 Å².